The maximum Gasteiger partial charge on any atom is 0.407 e. The van der Waals surface area contributed by atoms with Gasteiger partial charge in [-0.15, -0.1) is 0 Å². The number of hydrogen-bond donors (Lipinski definition) is 22. The number of carboxylic acids is 4. The van der Waals surface area contributed by atoms with Crippen LogP contribution in [-0.2, 0) is 107 Å². The number of aliphatic carboxylic acids is 4. The molecule has 0 saturated carbocycles. The molecular formula is C77H109N17O28. The van der Waals surface area contributed by atoms with E-state index >= 15 is 0 Å². The summed E-state index contributed by atoms with van der Waals surface area (Å²) in [7, 11) is 0. The molecule has 15 amide bonds. The number of alkyl carbamates (subject to hydrolysis) is 1. The number of carbonyl (C=O) groups excluding carboxylic acids is 17. The minimum Gasteiger partial charge on any atom is -0.481 e. The van der Waals surface area contributed by atoms with Crippen molar-refractivity contribution in [2.75, 3.05) is 32.0 Å². The molecule has 0 radical (unpaired) electrons. The number of aliphatic hydroxyl groups excluding tert-OH is 1. The first-order valence-electron chi connectivity index (χ1n) is 39.1. The van der Waals surface area contributed by atoms with Gasteiger partial charge >= 0.3 is 35.9 Å². The van der Waals surface area contributed by atoms with Gasteiger partial charge in [0.2, 0.25) is 82.7 Å². The highest BCUT2D eigenvalue weighted by molar-refractivity contribution is 6.05. The molecule has 0 bridgehead atoms. The number of cyclic esters (lactones) is 1. The van der Waals surface area contributed by atoms with Crippen molar-refractivity contribution in [3.05, 3.63) is 65.9 Å². The summed E-state index contributed by atoms with van der Waals surface area (Å²) in [5, 5.41) is 81.4. The number of nitrogens with two attached hydrogens (primary N) is 2. The number of ether oxygens (including phenoxy) is 2. The van der Waals surface area contributed by atoms with Crippen LogP contribution < -0.4 is 85.9 Å². The number of anilines is 1. The molecule has 45 heteroatoms. The number of amides is 15. The molecule has 2 heterocycles. The second-order valence-corrected chi connectivity index (χ2v) is 29.9. The van der Waals surface area contributed by atoms with Crippen LogP contribution in [0.1, 0.15) is 167 Å². The number of esters is 1. The maximum atomic E-state index is 14.9. The van der Waals surface area contributed by atoms with Gasteiger partial charge in [0.1, 0.15) is 78.2 Å². The number of benzene rings is 2. The Morgan fingerprint density at radius 2 is 1.11 bits per heavy atom. The molecule has 1 aliphatic heterocycles. The lowest BCUT2D eigenvalue weighted by molar-refractivity contribution is -0.156. The third-order valence-corrected chi connectivity index (χ3v) is 18.5. The Labute approximate surface area is 698 Å². The van der Waals surface area contributed by atoms with Crippen molar-refractivity contribution in [1.29, 1.82) is 0 Å². The Kier molecular flexibility index (Phi) is 41.3. The molecule has 45 nitrogen and oxygen atoms in total. The van der Waals surface area contributed by atoms with Crippen molar-refractivity contribution in [2.24, 2.45) is 11.7 Å². The van der Waals surface area contributed by atoms with Gasteiger partial charge in [-0.05, 0) is 83.6 Å². The van der Waals surface area contributed by atoms with Crippen LogP contribution in [0.3, 0.4) is 0 Å². The zero-order valence-corrected chi connectivity index (χ0v) is 68.3. The van der Waals surface area contributed by atoms with Crippen molar-refractivity contribution in [3.8, 4) is 0 Å². The van der Waals surface area contributed by atoms with Crippen LogP contribution in [-0.4, -0.2) is 259 Å². The molecule has 13 atom stereocenters. The van der Waals surface area contributed by atoms with E-state index in [2.05, 4.69) is 70.4 Å². The van der Waals surface area contributed by atoms with Gasteiger partial charge in [0, 0.05) is 54.2 Å². The summed E-state index contributed by atoms with van der Waals surface area (Å²) in [5.41, 5.74) is 11.3. The number of carbonyl (C=O) groups is 21. The normalized spacial score (nSPS) is 20.7. The summed E-state index contributed by atoms with van der Waals surface area (Å²) in [4.78, 5) is 291. The third-order valence-electron chi connectivity index (χ3n) is 18.5. The zero-order chi connectivity index (χ0) is 91.3. The molecule has 1 fully saturated rings. The minimum atomic E-state index is -2.49. The molecule has 122 heavy (non-hydrogen) atoms. The molecule has 0 aliphatic carbocycles. The van der Waals surface area contributed by atoms with E-state index in [1.807, 2.05) is 16.0 Å². The number of unbranched alkanes of at least 4 members (excludes halogenated alkanes) is 6. The topological polar surface area (TPSA) is 714 Å². The first kappa shape index (κ1) is 101. The number of rotatable bonds is 36. The van der Waals surface area contributed by atoms with Crippen LogP contribution in [0.4, 0.5) is 10.5 Å². The number of fused-ring (bicyclic) bond motifs is 1. The summed E-state index contributed by atoms with van der Waals surface area (Å²) in [6.45, 7) is 5.45. The van der Waals surface area contributed by atoms with E-state index in [1.54, 1.807) is 30.5 Å². The number of primary amides is 1. The highest BCUT2D eigenvalue weighted by Gasteiger charge is 2.41. The highest BCUT2D eigenvalue weighted by atomic mass is 16.6. The molecule has 2 aromatic carbocycles. The predicted octanol–water partition coefficient (Wildman–Crippen LogP) is -4.06. The molecule has 1 aliphatic rings. The number of aliphatic hydroxyl groups is 1. The number of Topliss-reactive ketones (excluding diaryl/α,β-unsaturated/α-hetero) is 1. The average Bonchev–Trinajstić information content (AvgIpc) is 1.62. The number of aromatic nitrogens is 1. The van der Waals surface area contributed by atoms with Gasteiger partial charge in [-0.1, -0.05) is 82.7 Å². The summed E-state index contributed by atoms with van der Waals surface area (Å²) < 4.78 is 10.9. The lowest BCUT2D eigenvalue weighted by Crippen LogP contribution is -2.62. The molecule has 1 saturated heterocycles. The summed E-state index contributed by atoms with van der Waals surface area (Å²) in [6.07, 6.45) is -3.88. The van der Waals surface area contributed by atoms with Crippen LogP contribution in [0.2, 0.25) is 0 Å². The quantitative estimate of drug-likeness (QED) is 0.0114. The number of carboxylic acid groups (broad SMARTS) is 4. The molecular weight excluding hydrogens is 1610 g/mol. The van der Waals surface area contributed by atoms with E-state index < -0.39 is 273 Å². The second-order valence-electron chi connectivity index (χ2n) is 29.9. The average molecular weight is 1720 g/mol. The monoisotopic (exact) mass is 1720 g/mol. The molecule has 4 rings (SSSR count). The fourth-order valence-corrected chi connectivity index (χ4v) is 12.2. The van der Waals surface area contributed by atoms with Crippen molar-refractivity contribution < 1.29 is 136 Å². The van der Waals surface area contributed by atoms with Crippen molar-refractivity contribution in [1.82, 2.24) is 79.4 Å². The van der Waals surface area contributed by atoms with Gasteiger partial charge in [-0.2, -0.15) is 0 Å². The van der Waals surface area contributed by atoms with Gasteiger partial charge in [0.15, 0.2) is 5.78 Å². The smallest absolute Gasteiger partial charge is 0.407 e. The number of ketones is 1. The van der Waals surface area contributed by atoms with Gasteiger partial charge in [0.05, 0.1) is 51.8 Å². The van der Waals surface area contributed by atoms with Crippen LogP contribution >= 0.6 is 0 Å². The molecule has 24 N–H and O–H groups in total. The largest absolute Gasteiger partial charge is 0.481 e. The third kappa shape index (κ3) is 35.7. The Bertz CT molecular complexity index is 4300. The van der Waals surface area contributed by atoms with Crippen molar-refractivity contribution in [3.63, 3.8) is 0 Å². The molecule has 1 aromatic heterocycles. The number of H-pyrrole nitrogens is 1. The lowest BCUT2D eigenvalue weighted by atomic mass is 9.96. The molecule has 0 unspecified atom stereocenters. The minimum absolute atomic E-state index is 0.0297. The predicted molar refractivity (Wildman–Crippen MR) is 425 cm³/mol. The van der Waals surface area contributed by atoms with E-state index in [1.165, 1.54) is 45.0 Å². The maximum absolute atomic E-state index is 14.9. The van der Waals surface area contributed by atoms with Crippen LogP contribution in [0.25, 0.3) is 10.9 Å². The first-order chi connectivity index (χ1) is 57.4. The Morgan fingerprint density at radius 1 is 0.566 bits per heavy atom. The molecule has 0 spiro atoms. The van der Waals surface area contributed by atoms with Gasteiger partial charge in [-0.3, -0.25) is 91.1 Å². The Morgan fingerprint density at radius 3 is 1.70 bits per heavy atom. The standard InChI is InChI=1S/C77H109N17O28/c1-8-9-10-11-12-13-14-25-56(98)86-47(28-41-34-81-45-23-18-16-20-42(41)45)69(113)89-48(30-55(79)97)70(114)91-51(33-62(107)108)71(115)94-64-40(4)121-75(119)52(29-54(96)43-21-15-17-22-44(43)78)92-74(118)63(38(2)27-59(101)102)93-72(116)53(37-95)87-58(100)35-82-66(110)49(31-60(103)104)88-65(109)39(3)84-68(112)50(32-61(105)106)90-67(111)46(85-57(99)36-83-73(64)117)24-19-26-80-76(120)122-77(5,6)7/h15-18,20-23,34,38-40,46-53,63-64,81,95H,8-14,19,24-33,35-37,78H2,1-7H3,(H2,79,97)(H,80,120)(H,82,110)(H,83,117)(H,84,112)(H,85,99)(H,86,98)(H,87,100)(H,88,109)(H,89,113)(H,90,111)(H,91,114)(H,92,118)(H,93,116)(H,94,115)(H,101,102)(H,103,104)(H,105,106)(H,107,108)/t38-,39-,40-,46+,47+,48-,49+,50+,51+,52+,53-,63+,64+/m1/s1. The second kappa shape index (κ2) is 49.9. The first-order valence-corrected chi connectivity index (χ1v) is 39.1. The van der Waals surface area contributed by atoms with Crippen molar-refractivity contribution in [2.45, 2.75) is 236 Å². The fraction of sp³-hybridized carbons (Fsp3) is 0.545. The summed E-state index contributed by atoms with van der Waals surface area (Å²) in [6, 6.07) is -11.0. The van der Waals surface area contributed by atoms with E-state index in [-0.39, 0.29) is 37.1 Å². The molecule has 3 aromatic rings. The van der Waals surface area contributed by atoms with Gasteiger partial charge in [0.25, 0.3) is 0 Å². The molecule has 670 valence electrons. The SMILES string of the molecule is CCCCCCCCCC(=O)N[C@@H](Cc1c[nH]c2ccccc12)C(=O)N[C@H](CC(N)=O)C(=O)N[C@@H](CC(=O)O)C(=O)N[C@@H]1C(=O)NCC(=O)N[C@@H](CCCNC(=O)OC(C)(C)C)C(=O)N[C@@H](CC(=O)O)C(=O)N[C@H](C)C(=O)N[C@@H](CC(=O)O)C(=O)NCC(=O)N[C@H](CO)C(=O)N[C@@H]([C@H](C)CC(=O)O)C(=O)N[C@@H](CC(=O)c2ccccc2N)C(=O)O[C@@H]1C. The van der Waals surface area contributed by atoms with Crippen molar-refractivity contribution >= 4 is 141 Å². The van der Waals surface area contributed by atoms with E-state index in [4.69, 9.17) is 20.9 Å². The van der Waals surface area contributed by atoms with Gasteiger partial charge in [-0.25, -0.2) is 9.59 Å². The van der Waals surface area contributed by atoms with E-state index in [0.717, 1.165) is 52.9 Å². The highest BCUT2D eigenvalue weighted by Crippen LogP contribution is 2.22. The van der Waals surface area contributed by atoms with Crippen LogP contribution in [0.15, 0.2) is 54.7 Å². The summed E-state index contributed by atoms with van der Waals surface area (Å²) in [5.74, 6) is -30.3. The lowest BCUT2D eigenvalue weighted by Gasteiger charge is -2.30. The Balaban J connectivity index is 1.92. The fourth-order valence-electron chi connectivity index (χ4n) is 12.2. The van der Waals surface area contributed by atoms with Crippen LogP contribution in [0, 0.1) is 5.92 Å². The van der Waals surface area contributed by atoms with Crippen LogP contribution in [0.5, 0.6) is 0 Å². The number of hydrogen-bond acceptors (Lipinski definition) is 25. The zero-order valence-electron chi connectivity index (χ0n) is 68.3. The summed E-state index contributed by atoms with van der Waals surface area (Å²) >= 11 is 0. The number of aromatic amines is 1. The number of para-hydroxylation sites is 2. The van der Waals surface area contributed by atoms with E-state index in [9.17, 15) is 126 Å². The van der Waals surface area contributed by atoms with E-state index in [0.29, 0.717) is 29.3 Å². The Hall–Kier alpha value is -13.4. The number of nitrogen functional groups attached to an aromatic ring is 1. The van der Waals surface area contributed by atoms with Gasteiger partial charge < -0.3 is 126 Å². The number of nitrogens with one attached hydrogen (secondary N) is 15.